The average Bonchev–Trinajstić information content (AvgIpc) is 3.17. The van der Waals surface area contributed by atoms with Gasteiger partial charge in [-0.1, -0.05) is 17.7 Å². The number of nitrogens with zero attached hydrogens (tertiary/aromatic N) is 3. The lowest BCUT2D eigenvalue weighted by molar-refractivity contribution is 1.09. The lowest BCUT2D eigenvalue weighted by Gasteiger charge is -2.04. The van der Waals surface area contributed by atoms with Gasteiger partial charge in [0.15, 0.2) is 5.65 Å². The number of halogens is 1. The molecule has 0 aliphatic rings. The predicted octanol–water partition coefficient (Wildman–Crippen LogP) is 3.98. The first-order valence-corrected chi connectivity index (χ1v) is 7.20. The van der Waals surface area contributed by atoms with Crippen LogP contribution in [0.1, 0.15) is 5.56 Å². The first kappa shape index (κ1) is 13.0. The summed E-state index contributed by atoms with van der Waals surface area (Å²) in [6.07, 6.45) is 3.26. The second-order valence-corrected chi connectivity index (χ2v) is 5.54. The lowest BCUT2D eigenvalue weighted by atomic mass is 10.1. The van der Waals surface area contributed by atoms with Crippen molar-refractivity contribution in [2.75, 3.05) is 0 Å². The van der Waals surface area contributed by atoms with E-state index < -0.39 is 0 Å². The maximum Gasteiger partial charge on any atom is 0.159 e. The number of rotatable bonds is 2. The zero-order valence-corrected chi connectivity index (χ0v) is 12.5. The van der Waals surface area contributed by atoms with E-state index in [-0.39, 0.29) is 0 Å². The van der Waals surface area contributed by atoms with Gasteiger partial charge in [0.1, 0.15) is 12.0 Å². The number of benzene rings is 1. The maximum absolute atomic E-state index is 6.11. The fourth-order valence-corrected chi connectivity index (χ4v) is 2.73. The molecule has 0 aliphatic carbocycles. The highest BCUT2D eigenvalue weighted by molar-refractivity contribution is 6.30. The average molecular weight is 310 g/mol. The maximum atomic E-state index is 6.11. The standard InChI is InChI=1S/C16H12ClN5/c1-9-2-3-10(17)6-11(9)13-4-5-14(21-13)15-12-7-20-22-16(12)19-8-18-15/h2-8,21H,1H3,(H,18,19,20,22). The topological polar surface area (TPSA) is 70.2 Å². The van der Waals surface area contributed by atoms with E-state index in [1.807, 2.05) is 30.3 Å². The second-order valence-electron chi connectivity index (χ2n) is 5.10. The Morgan fingerprint density at radius 2 is 1.91 bits per heavy atom. The van der Waals surface area contributed by atoms with Gasteiger partial charge < -0.3 is 4.98 Å². The van der Waals surface area contributed by atoms with Crippen molar-refractivity contribution in [2.45, 2.75) is 6.92 Å². The number of fused-ring (bicyclic) bond motifs is 1. The highest BCUT2D eigenvalue weighted by Crippen LogP contribution is 2.30. The van der Waals surface area contributed by atoms with E-state index in [1.165, 1.54) is 6.33 Å². The van der Waals surface area contributed by atoms with Crippen LogP contribution >= 0.6 is 11.6 Å². The first-order valence-electron chi connectivity index (χ1n) is 6.82. The number of nitrogens with one attached hydrogen (secondary N) is 2. The molecule has 5 nitrogen and oxygen atoms in total. The Bertz CT molecular complexity index is 970. The van der Waals surface area contributed by atoms with E-state index >= 15 is 0 Å². The van der Waals surface area contributed by atoms with Crippen molar-refractivity contribution in [3.63, 3.8) is 0 Å². The molecule has 0 saturated heterocycles. The van der Waals surface area contributed by atoms with Crippen molar-refractivity contribution >= 4 is 22.6 Å². The van der Waals surface area contributed by atoms with E-state index in [0.717, 1.165) is 44.3 Å². The first-order chi connectivity index (χ1) is 10.7. The highest BCUT2D eigenvalue weighted by Gasteiger charge is 2.11. The minimum Gasteiger partial charge on any atom is -0.353 e. The van der Waals surface area contributed by atoms with Gasteiger partial charge in [0, 0.05) is 16.3 Å². The summed E-state index contributed by atoms with van der Waals surface area (Å²) in [5, 5.41) is 8.48. The molecule has 2 N–H and O–H groups in total. The van der Waals surface area contributed by atoms with Gasteiger partial charge in [-0.2, -0.15) is 5.10 Å². The Balaban J connectivity index is 1.85. The van der Waals surface area contributed by atoms with Gasteiger partial charge in [0.25, 0.3) is 0 Å². The van der Waals surface area contributed by atoms with E-state index in [9.17, 15) is 0 Å². The summed E-state index contributed by atoms with van der Waals surface area (Å²) in [6.45, 7) is 2.06. The van der Waals surface area contributed by atoms with Crippen LogP contribution in [-0.4, -0.2) is 25.1 Å². The van der Waals surface area contributed by atoms with Crippen LogP contribution < -0.4 is 0 Å². The number of aromatic amines is 2. The summed E-state index contributed by atoms with van der Waals surface area (Å²) >= 11 is 6.11. The summed E-state index contributed by atoms with van der Waals surface area (Å²) < 4.78 is 0. The van der Waals surface area contributed by atoms with Crippen LogP contribution in [0.3, 0.4) is 0 Å². The van der Waals surface area contributed by atoms with Gasteiger partial charge in [0.2, 0.25) is 0 Å². The molecule has 4 rings (SSSR count). The summed E-state index contributed by atoms with van der Waals surface area (Å²) in [5.74, 6) is 0. The summed E-state index contributed by atoms with van der Waals surface area (Å²) in [6, 6.07) is 9.90. The fourth-order valence-electron chi connectivity index (χ4n) is 2.55. The van der Waals surface area contributed by atoms with Crippen LogP contribution in [0.25, 0.3) is 33.7 Å². The second kappa shape index (κ2) is 4.96. The number of hydrogen-bond acceptors (Lipinski definition) is 3. The SMILES string of the molecule is Cc1ccc(Cl)cc1-c1ccc(-c2ncnc3[nH]ncc23)[nH]1. The van der Waals surface area contributed by atoms with Crippen molar-refractivity contribution in [3.05, 3.63) is 53.4 Å². The van der Waals surface area contributed by atoms with Gasteiger partial charge in [-0.15, -0.1) is 0 Å². The molecule has 4 aromatic rings. The predicted molar refractivity (Wildman–Crippen MR) is 86.7 cm³/mol. The molecule has 0 radical (unpaired) electrons. The van der Waals surface area contributed by atoms with Crippen molar-refractivity contribution in [3.8, 4) is 22.6 Å². The largest absolute Gasteiger partial charge is 0.353 e. The van der Waals surface area contributed by atoms with Crippen molar-refractivity contribution in [2.24, 2.45) is 0 Å². The summed E-state index contributed by atoms with van der Waals surface area (Å²) in [4.78, 5) is 11.9. The highest BCUT2D eigenvalue weighted by atomic mass is 35.5. The quantitative estimate of drug-likeness (QED) is 0.588. The smallest absolute Gasteiger partial charge is 0.159 e. The molecule has 1 aromatic carbocycles. The van der Waals surface area contributed by atoms with Crippen LogP contribution in [0, 0.1) is 6.92 Å². The summed E-state index contributed by atoms with van der Waals surface area (Å²) in [5.41, 5.74) is 5.71. The van der Waals surface area contributed by atoms with E-state index in [1.54, 1.807) is 6.20 Å². The normalized spacial score (nSPS) is 11.2. The number of hydrogen-bond donors (Lipinski definition) is 2. The monoisotopic (exact) mass is 309 g/mol. The van der Waals surface area contributed by atoms with E-state index in [2.05, 4.69) is 32.1 Å². The molecule has 0 saturated carbocycles. The molecule has 3 heterocycles. The molecule has 0 amide bonds. The fraction of sp³-hybridized carbons (Fsp3) is 0.0625. The van der Waals surface area contributed by atoms with Crippen molar-refractivity contribution < 1.29 is 0 Å². The van der Waals surface area contributed by atoms with Gasteiger partial charge in [0.05, 0.1) is 17.3 Å². The molecule has 0 aliphatic heterocycles. The van der Waals surface area contributed by atoms with Crippen LogP contribution in [-0.2, 0) is 0 Å². The Kier molecular flexibility index (Phi) is 2.94. The Morgan fingerprint density at radius 1 is 1.05 bits per heavy atom. The molecule has 0 atom stereocenters. The third kappa shape index (κ3) is 2.07. The van der Waals surface area contributed by atoms with Crippen LogP contribution in [0.2, 0.25) is 5.02 Å². The molecular formula is C16H12ClN5. The number of aryl methyl sites for hydroxylation is 1. The molecule has 6 heteroatoms. The zero-order chi connectivity index (χ0) is 15.1. The van der Waals surface area contributed by atoms with E-state index in [0.29, 0.717) is 0 Å². The molecular weight excluding hydrogens is 298 g/mol. The molecule has 3 aromatic heterocycles. The van der Waals surface area contributed by atoms with Crippen molar-refractivity contribution in [1.29, 1.82) is 0 Å². The molecule has 0 unspecified atom stereocenters. The molecule has 0 spiro atoms. The van der Waals surface area contributed by atoms with Crippen LogP contribution in [0.5, 0.6) is 0 Å². The zero-order valence-electron chi connectivity index (χ0n) is 11.8. The third-order valence-electron chi connectivity index (χ3n) is 3.68. The number of aromatic nitrogens is 5. The van der Waals surface area contributed by atoms with Gasteiger partial charge in [-0.05, 0) is 36.8 Å². The van der Waals surface area contributed by atoms with E-state index in [4.69, 9.17) is 11.6 Å². The van der Waals surface area contributed by atoms with Gasteiger partial charge >= 0.3 is 0 Å². The number of H-pyrrole nitrogens is 2. The van der Waals surface area contributed by atoms with Crippen LogP contribution in [0.4, 0.5) is 0 Å². The Morgan fingerprint density at radius 3 is 2.82 bits per heavy atom. The lowest BCUT2D eigenvalue weighted by Crippen LogP contribution is -1.88. The molecule has 108 valence electrons. The van der Waals surface area contributed by atoms with Crippen LogP contribution in [0.15, 0.2) is 42.9 Å². The minimum absolute atomic E-state index is 0.719. The van der Waals surface area contributed by atoms with Crippen molar-refractivity contribution in [1.82, 2.24) is 25.1 Å². The molecule has 0 fully saturated rings. The third-order valence-corrected chi connectivity index (χ3v) is 3.91. The molecule has 0 bridgehead atoms. The Hall–Kier alpha value is -2.66. The van der Waals surface area contributed by atoms with Gasteiger partial charge in [-0.3, -0.25) is 5.10 Å². The minimum atomic E-state index is 0.719. The molecule has 22 heavy (non-hydrogen) atoms. The summed E-state index contributed by atoms with van der Waals surface area (Å²) in [7, 11) is 0. The Labute approximate surface area is 131 Å². The van der Waals surface area contributed by atoms with Gasteiger partial charge in [-0.25, -0.2) is 9.97 Å².